The lowest BCUT2D eigenvalue weighted by atomic mass is 9.74. The van der Waals surface area contributed by atoms with Crippen LogP contribution in [0.25, 0.3) is 10.9 Å². The van der Waals surface area contributed by atoms with Crippen molar-refractivity contribution in [1.29, 1.82) is 0 Å². The van der Waals surface area contributed by atoms with Gasteiger partial charge in [-0.3, -0.25) is 9.59 Å². The smallest absolute Gasteiger partial charge is 0.200 e. The van der Waals surface area contributed by atoms with E-state index in [2.05, 4.69) is 0 Å². The molecule has 1 heterocycles. The highest BCUT2D eigenvalue weighted by Gasteiger charge is 2.38. The second kappa shape index (κ2) is 4.09. The predicted molar refractivity (Wildman–Crippen MR) is 76.8 cm³/mol. The SMILES string of the molecule is CC1(C)CCc2c(c(=O)c3cc(Cl)ccc3n2O)C1=O. The zero-order valence-electron chi connectivity index (χ0n) is 11.2. The van der Waals surface area contributed by atoms with E-state index in [9.17, 15) is 14.8 Å². The van der Waals surface area contributed by atoms with Gasteiger partial charge in [0.05, 0.1) is 22.2 Å². The van der Waals surface area contributed by atoms with E-state index in [1.54, 1.807) is 12.1 Å². The first-order valence-corrected chi connectivity index (χ1v) is 6.82. The van der Waals surface area contributed by atoms with Crippen LogP contribution in [-0.4, -0.2) is 15.7 Å². The molecule has 0 atom stereocenters. The van der Waals surface area contributed by atoms with E-state index in [0.717, 1.165) is 4.73 Å². The lowest BCUT2D eigenvalue weighted by molar-refractivity contribution is 0.0791. The number of aromatic nitrogens is 1. The van der Waals surface area contributed by atoms with Crippen LogP contribution in [0.2, 0.25) is 5.02 Å². The number of benzene rings is 1. The van der Waals surface area contributed by atoms with Crippen molar-refractivity contribution in [3.63, 3.8) is 0 Å². The van der Waals surface area contributed by atoms with E-state index in [0.29, 0.717) is 29.1 Å². The molecular weight excluding hydrogens is 278 g/mol. The van der Waals surface area contributed by atoms with Crippen LogP contribution in [0, 0.1) is 5.41 Å². The summed E-state index contributed by atoms with van der Waals surface area (Å²) < 4.78 is 0.954. The van der Waals surface area contributed by atoms with Crippen LogP contribution in [0.5, 0.6) is 0 Å². The largest absolute Gasteiger partial charge is 0.428 e. The first-order valence-electron chi connectivity index (χ1n) is 6.44. The zero-order chi connectivity index (χ0) is 14.7. The van der Waals surface area contributed by atoms with Crippen molar-refractivity contribution in [2.24, 2.45) is 5.41 Å². The molecule has 0 unspecified atom stereocenters. The summed E-state index contributed by atoms with van der Waals surface area (Å²) in [7, 11) is 0. The molecule has 20 heavy (non-hydrogen) atoms. The third kappa shape index (κ3) is 1.68. The second-order valence-corrected chi connectivity index (χ2v) is 6.27. The zero-order valence-corrected chi connectivity index (χ0v) is 12.0. The van der Waals surface area contributed by atoms with Gasteiger partial charge in [-0.15, -0.1) is 0 Å². The van der Waals surface area contributed by atoms with Crippen LogP contribution in [0.4, 0.5) is 0 Å². The van der Waals surface area contributed by atoms with Crippen LogP contribution >= 0.6 is 11.6 Å². The van der Waals surface area contributed by atoms with Crippen molar-refractivity contribution in [2.75, 3.05) is 0 Å². The first kappa shape index (κ1) is 13.2. The Morgan fingerprint density at radius 2 is 2.00 bits per heavy atom. The number of rotatable bonds is 0. The number of Topliss-reactive ketones (excluding diaryl/α,β-unsaturated/α-hetero) is 1. The minimum atomic E-state index is -0.578. The number of hydrogen-bond donors (Lipinski definition) is 1. The maximum absolute atomic E-state index is 12.6. The Bertz CT molecular complexity index is 805. The topological polar surface area (TPSA) is 59.3 Å². The van der Waals surface area contributed by atoms with Gasteiger partial charge in [-0.25, -0.2) is 0 Å². The molecule has 0 aliphatic heterocycles. The van der Waals surface area contributed by atoms with Crippen LogP contribution in [0.1, 0.15) is 36.3 Å². The van der Waals surface area contributed by atoms with Gasteiger partial charge in [0, 0.05) is 10.4 Å². The lowest BCUT2D eigenvalue weighted by Gasteiger charge is -2.30. The summed E-state index contributed by atoms with van der Waals surface area (Å²) >= 11 is 5.90. The van der Waals surface area contributed by atoms with E-state index in [-0.39, 0.29) is 22.2 Å². The molecule has 1 aliphatic carbocycles. The molecule has 0 bridgehead atoms. The molecule has 104 valence electrons. The Hall–Kier alpha value is -1.81. The molecule has 0 fully saturated rings. The van der Waals surface area contributed by atoms with Crippen LogP contribution in [-0.2, 0) is 6.42 Å². The number of hydrogen-bond acceptors (Lipinski definition) is 3. The highest BCUT2D eigenvalue weighted by Crippen LogP contribution is 2.34. The van der Waals surface area contributed by atoms with Gasteiger partial charge >= 0.3 is 0 Å². The molecular formula is C15H14ClNO3. The average Bonchev–Trinajstić information content (AvgIpc) is 2.39. The van der Waals surface area contributed by atoms with Crippen LogP contribution in [0.15, 0.2) is 23.0 Å². The number of carbonyl (C=O) groups is 1. The summed E-state index contributed by atoms with van der Waals surface area (Å²) in [5.74, 6) is -0.214. The van der Waals surface area contributed by atoms with Gasteiger partial charge in [-0.1, -0.05) is 25.4 Å². The summed E-state index contributed by atoms with van der Waals surface area (Å²) in [4.78, 5) is 25.1. The Morgan fingerprint density at radius 1 is 1.30 bits per heavy atom. The number of carbonyl (C=O) groups excluding carboxylic acids is 1. The summed E-state index contributed by atoms with van der Waals surface area (Å²) in [5.41, 5.74) is -0.0512. The standard InChI is InChI=1S/C15H14ClNO3/c1-15(2)6-5-11-12(14(15)19)13(18)9-7-8(16)3-4-10(9)17(11)20/h3-4,7,20H,5-6H2,1-2H3. The summed E-state index contributed by atoms with van der Waals surface area (Å²) in [6.45, 7) is 3.64. The van der Waals surface area contributed by atoms with Gasteiger partial charge in [0.15, 0.2) is 5.78 Å². The summed E-state index contributed by atoms with van der Waals surface area (Å²) in [5, 5.41) is 10.9. The normalized spacial score (nSPS) is 17.2. The molecule has 1 aliphatic rings. The monoisotopic (exact) mass is 291 g/mol. The minimum absolute atomic E-state index is 0.0958. The molecule has 3 rings (SSSR count). The number of ketones is 1. The van der Waals surface area contributed by atoms with Gasteiger partial charge in [0.1, 0.15) is 0 Å². The molecule has 5 heteroatoms. The Kier molecular flexibility index (Phi) is 2.70. The van der Waals surface area contributed by atoms with E-state index < -0.39 is 5.41 Å². The fourth-order valence-corrected chi connectivity index (χ4v) is 2.91. The molecule has 2 aromatic rings. The van der Waals surface area contributed by atoms with Gasteiger partial charge < -0.3 is 5.21 Å². The number of fused-ring (bicyclic) bond motifs is 2. The average molecular weight is 292 g/mol. The van der Waals surface area contributed by atoms with E-state index >= 15 is 0 Å². The molecule has 1 aromatic heterocycles. The molecule has 1 N–H and O–H groups in total. The Balaban J connectivity index is 2.47. The van der Waals surface area contributed by atoms with E-state index in [1.807, 2.05) is 13.8 Å². The van der Waals surface area contributed by atoms with Crippen molar-refractivity contribution in [2.45, 2.75) is 26.7 Å². The van der Waals surface area contributed by atoms with Crippen molar-refractivity contribution in [1.82, 2.24) is 4.73 Å². The van der Waals surface area contributed by atoms with E-state index in [4.69, 9.17) is 11.6 Å². The van der Waals surface area contributed by atoms with Crippen LogP contribution in [0.3, 0.4) is 0 Å². The van der Waals surface area contributed by atoms with Crippen molar-refractivity contribution in [3.8, 4) is 0 Å². The Labute approximate surface area is 120 Å². The van der Waals surface area contributed by atoms with E-state index in [1.165, 1.54) is 6.07 Å². The van der Waals surface area contributed by atoms with Gasteiger partial charge in [0.2, 0.25) is 5.43 Å². The number of nitrogens with zero attached hydrogens (tertiary/aromatic N) is 1. The maximum atomic E-state index is 12.6. The second-order valence-electron chi connectivity index (χ2n) is 5.84. The predicted octanol–water partition coefficient (Wildman–Crippen LogP) is 3.05. The number of halogens is 1. The maximum Gasteiger partial charge on any atom is 0.200 e. The molecule has 0 amide bonds. The lowest BCUT2D eigenvalue weighted by Crippen LogP contribution is -2.37. The summed E-state index contributed by atoms with van der Waals surface area (Å²) in [6.07, 6.45) is 1.11. The van der Waals surface area contributed by atoms with Gasteiger partial charge in [-0.2, -0.15) is 4.73 Å². The van der Waals surface area contributed by atoms with Crippen molar-refractivity contribution in [3.05, 3.63) is 44.7 Å². The quantitative estimate of drug-likeness (QED) is 0.759. The number of pyridine rings is 1. The van der Waals surface area contributed by atoms with Crippen molar-refractivity contribution >= 4 is 28.3 Å². The molecule has 0 radical (unpaired) electrons. The first-order chi connectivity index (χ1) is 9.33. The van der Waals surface area contributed by atoms with Gasteiger partial charge in [0.25, 0.3) is 0 Å². The molecule has 4 nitrogen and oxygen atoms in total. The summed E-state index contributed by atoms with van der Waals surface area (Å²) in [6, 6.07) is 4.68. The molecule has 0 saturated carbocycles. The fourth-order valence-electron chi connectivity index (χ4n) is 2.74. The highest BCUT2D eigenvalue weighted by molar-refractivity contribution is 6.31. The minimum Gasteiger partial charge on any atom is -0.428 e. The molecule has 0 spiro atoms. The van der Waals surface area contributed by atoms with Gasteiger partial charge in [-0.05, 0) is 31.0 Å². The highest BCUT2D eigenvalue weighted by atomic mass is 35.5. The third-order valence-electron chi connectivity index (χ3n) is 4.03. The van der Waals surface area contributed by atoms with Crippen molar-refractivity contribution < 1.29 is 10.0 Å². The third-order valence-corrected chi connectivity index (χ3v) is 4.27. The Morgan fingerprint density at radius 3 is 2.70 bits per heavy atom. The molecule has 1 aromatic carbocycles. The molecule has 0 saturated heterocycles. The fraction of sp³-hybridized carbons (Fsp3) is 0.333. The van der Waals surface area contributed by atoms with Crippen LogP contribution < -0.4 is 5.43 Å².